The summed E-state index contributed by atoms with van der Waals surface area (Å²) in [5, 5.41) is 15.2. The number of amides is 2. The van der Waals surface area contributed by atoms with Crippen molar-refractivity contribution in [2.75, 3.05) is 52.4 Å². The van der Waals surface area contributed by atoms with E-state index < -0.39 is 23.9 Å². The molecule has 4 heterocycles. The molecule has 2 atom stereocenters. The molecular formula is C29H35FN6O5S. The second kappa shape index (κ2) is 13.0. The molecule has 0 spiro atoms. The summed E-state index contributed by atoms with van der Waals surface area (Å²) in [6, 6.07) is 3.83. The summed E-state index contributed by atoms with van der Waals surface area (Å²) in [5.74, 6) is -1.81. The Morgan fingerprint density at radius 3 is 2.64 bits per heavy atom. The van der Waals surface area contributed by atoms with Crippen molar-refractivity contribution in [3.05, 3.63) is 63.0 Å². The molecule has 0 saturated carbocycles. The third kappa shape index (κ3) is 6.31. The van der Waals surface area contributed by atoms with Crippen LogP contribution in [0.15, 0.2) is 46.0 Å². The lowest BCUT2D eigenvalue weighted by Crippen LogP contribution is -2.55. The maximum Gasteiger partial charge on any atom is 0.338 e. The molecule has 3 aliphatic heterocycles. The monoisotopic (exact) mass is 598 g/mol. The lowest BCUT2D eigenvalue weighted by molar-refractivity contribution is -0.143. The number of halogens is 1. The van der Waals surface area contributed by atoms with Gasteiger partial charge in [-0.3, -0.25) is 14.7 Å². The van der Waals surface area contributed by atoms with E-state index in [0.29, 0.717) is 85.4 Å². The molecule has 0 bridgehead atoms. The van der Waals surface area contributed by atoms with Crippen LogP contribution < -0.4 is 5.32 Å². The Bertz CT molecular complexity index is 1390. The van der Waals surface area contributed by atoms with Crippen LogP contribution in [0.4, 0.5) is 9.18 Å². The second-order valence-corrected chi connectivity index (χ2v) is 11.5. The SMILES string of the molecule is CCOC(=O)C1=C(CN2CCN(C(=O)N3CCC[C@@H](C(=O)O)C3)CC2)NC(c2nccs2)=N[C@H]1c1cccc(F)c1C. The number of piperazine rings is 1. The molecule has 2 aromatic rings. The fourth-order valence-corrected chi connectivity index (χ4v) is 6.23. The fraction of sp³-hybridized carbons (Fsp3) is 0.483. The van der Waals surface area contributed by atoms with Crippen molar-refractivity contribution >= 4 is 35.1 Å². The molecule has 2 N–H and O–H groups in total. The standard InChI is InChI=1S/C29H35FN6O5S/c1-3-41-28(39)23-22(17-34-11-13-35(14-12-34)29(40)36-10-5-6-19(16-36)27(37)38)32-25(26-31-9-15-42-26)33-24(23)20-7-4-8-21(30)18(20)2/h4,7-9,15,19,24H,3,5-6,10-14,16-17H2,1-2H3,(H,32,33)(H,37,38)/t19-,24+/m1/s1. The number of carbonyl (C=O) groups excluding carboxylic acids is 2. The molecule has 2 amide bonds. The molecule has 5 rings (SSSR count). The molecule has 11 nitrogen and oxygen atoms in total. The third-order valence-electron chi connectivity index (χ3n) is 7.93. The number of ether oxygens (including phenoxy) is 1. The van der Waals surface area contributed by atoms with Crippen LogP contribution in [0.25, 0.3) is 0 Å². The van der Waals surface area contributed by atoms with Gasteiger partial charge in [-0.25, -0.2) is 19.0 Å². The first-order valence-corrected chi connectivity index (χ1v) is 15.0. The number of urea groups is 1. The summed E-state index contributed by atoms with van der Waals surface area (Å²) >= 11 is 1.40. The molecule has 0 radical (unpaired) electrons. The summed E-state index contributed by atoms with van der Waals surface area (Å²) in [6.45, 7) is 6.76. The highest BCUT2D eigenvalue weighted by Gasteiger charge is 2.36. The predicted molar refractivity (Wildman–Crippen MR) is 155 cm³/mol. The van der Waals surface area contributed by atoms with Gasteiger partial charge >= 0.3 is 18.0 Å². The highest BCUT2D eigenvalue weighted by atomic mass is 32.1. The number of carbonyl (C=O) groups is 3. The smallest absolute Gasteiger partial charge is 0.338 e. The molecule has 2 saturated heterocycles. The highest BCUT2D eigenvalue weighted by molar-refractivity contribution is 7.11. The van der Waals surface area contributed by atoms with E-state index in [1.165, 1.54) is 17.4 Å². The number of hydrogen-bond donors (Lipinski definition) is 2. The van der Waals surface area contributed by atoms with E-state index in [2.05, 4.69) is 15.2 Å². The molecule has 2 fully saturated rings. The van der Waals surface area contributed by atoms with Crippen molar-refractivity contribution in [2.45, 2.75) is 32.7 Å². The molecule has 13 heteroatoms. The van der Waals surface area contributed by atoms with Crippen LogP contribution in [0, 0.1) is 18.7 Å². The average molecular weight is 599 g/mol. The van der Waals surface area contributed by atoms with E-state index in [1.54, 1.807) is 42.0 Å². The van der Waals surface area contributed by atoms with E-state index in [9.17, 15) is 23.9 Å². The first-order chi connectivity index (χ1) is 20.3. The first kappa shape index (κ1) is 29.6. The fourth-order valence-electron chi connectivity index (χ4n) is 5.64. The quantitative estimate of drug-likeness (QED) is 0.466. The lowest BCUT2D eigenvalue weighted by Gasteiger charge is -2.40. The number of piperidine rings is 1. The van der Waals surface area contributed by atoms with E-state index >= 15 is 0 Å². The first-order valence-electron chi connectivity index (χ1n) is 14.2. The van der Waals surface area contributed by atoms with Crippen molar-refractivity contribution in [3.63, 3.8) is 0 Å². The van der Waals surface area contributed by atoms with Crippen molar-refractivity contribution in [1.82, 2.24) is 25.0 Å². The summed E-state index contributed by atoms with van der Waals surface area (Å²) in [6.07, 6.45) is 2.93. The summed E-state index contributed by atoms with van der Waals surface area (Å²) in [7, 11) is 0. The van der Waals surface area contributed by atoms with Crippen LogP contribution in [0.1, 0.15) is 41.9 Å². The Balaban J connectivity index is 1.38. The number of amidine groups is 1. The normalized spacial score (nSPS) is 21.5. The number of nitrogens with one attached hydrogen (secondary N) is 1. The van der Waals surface area contributed by atoms with Crippen LogP contribution >= 0.6 is 11.3 Å². The Hall–Kier alpha value is -3.84. The zero-order chi connectivity index (χ0) is 29.8. The van der Waals surface area contributed by atoms with Gasteiger partial charge in [-0.2, -0.15) is 0 Å². The van der Waals surface area contributed by atoms with Crippen molar-refractivity contribution in [2.24, 2.45) is 10.9 Å². The second-order valence-electron chi connectivity index (χ2n) is 10.6. The number of esters is 1. The van der Waals surface area contributed by atoms with Crippen LogP contribution in [0.3, 0.4) is 0 Å². The molecule has 0 unspecified atom stereocenters. The maximum atomic E-state index is 14.7. The number of hydrogen-bond acceptors (Lipinski definition) is 9. The van der Waals surface area contributed by atoms with Gasteiger partial charge in [-0.15, -0.1) is 11.3 Å². The van der Waals surface area contributed by atoms with Gasteiger partial charge in [0.15, 0.2) is 10.8 Å². The number of thiazole rings is 1. The number of aliphatic carboxylic acids is 1. The van der Waals surface area contributed by atoms with Gasteiger partial charge in [0.25, 0.3) is 0 Å². The molecule has 1 aromatic heterocycles. The number of aromatic nitrogens is 1. The number of likely N-dealkylation sites (tertiary alicyclic amines) is 1. The molecular weight excluding hydrogens is 563 g/mol. The van der Waals surface area contributed by atoms with Gasteiger partial charge in [-0.05, 0) is 43.9 Å². The highest BCUT2D eigenvalue weighted by Crippen LogP contribution is 2.35. The van der Waals surface area contributed by atoms with Gasteiger partial charge in [0.2, 0.25) is 0 Å². The minimum absolute atomic E-state index is 0.136. The van der Waals surface area contributed by atoms with E-state index in [4.69, 9.17) is 9.73 Å². The van der Waals surface area contributed by atoms with Crippen molar-refractivity contribution in [1.29, 1.82) is 0 Å². The maximum absolute atomic E-state index is 14.7. The van der Waals surface area contributed by atoms with Crippen LogP contribution in [0.2, 0.25) is 0 Å². The summed E-state index contributed by atoms with van der Waals surface area (Å²) < 4.78 is 20.1. The Morgan fingerprint density at radius 1 is 1.17 bits per heavy atom. The molecule has 0 aliphatic carbocycles. The molecule has 224 valence electrons. The third-order valence-corrected chi connectivity index (χ3v) is 8.71. The topological polar surface area (TPSA) is 128 Å². The Morgan fingerprint density at radius 2 is 1.95 bits per heavy atom. The molecule has 1 aromatic carbocycles. The van der Waals surface area contributed by atoms with Crippen molar-refractivity contribution < 1.29 is 28.6 Å². The Kier molecular flexibility index (Phi) is 9.17. The number of nitrogens with zero attached hydrogens (tertiary/aromatic N) is 5. The van der Waals surface area contributed by atoms with Gasteiger partial charge < -0.3 is 25.0 Å². The summed E-state index contributed by atoms with van der Waals surface area (Å²) in [5.41, 5.74) is 1.89. The van der Waals surface area contributed by atoms with Gasteiger partial charge in [0, 0.05) is 63.1 Å². The van der Waals surface area contributed by atoms with E-state index in [-0.39, 0.29) is 25.0 Å². The number of aliphatic imine (C=N–C) groups is 1. The van der Waals surface area contributed by atoms with Crippen LogP contribution in [0.5, 0.6) is 0 Å². The zero-order valence-electron chi connectivity index (χ0n) is 23.7. The van der Waals surface area contributed by atoms with Gasteiger partial charge in [-0.1, -0.05) is 12.1 Å². The van der Waals surface area contributed by atoms with E-state index in [1.807, 2.05) is 5.38 Å². The van der Waals surface area contributed by atoms with Crippen molar-refractivity contribution in [3.8, 4) is 0 Å². The lowest BCUT2D eigenvalue weighted by atomic mass is 9.92. The zero-order valence-corrected chi connectivity index (χ0v) is 24.5. The van der Waals surface area contributed by atoms with E-state index in [0.717, 1.165) is 0 Å². The van der Waals surface area contributed by atoms with Gasteiger partial charge in [0.1, 0.15) is 11.9 Å². The molecule has 3 aliphatic rings. The minimum Gasteiger partial charge on any atom is -0.481 e. The molecule has 42 heavy (non-hydrogen) atoms. The number of carboxylic acids is 1. The number of rotatable bonds is 7. The van der Waals surface area contributed by atoms with Gasteiger partial charge in [0.05, 0.1) is 18.1 Å². The van der Waals surface area contributed by atoms with Crippen LogP contribution in [-0.2, 0) is 14.3 Å². The largest absolute Gasteiger partial charge is 0.481 e. The number of benzene rings is 1. The van der Waals surface area contributed by atoms with Crippen LogP contribution in [-0.4, -0.2) is 101 Å². The number of carboxylic acid groups (broad SMARTS) is 1. The predicted octanol–water partition coefficient (Wildman–Crippen LogP) is 3.03. The average Bonchev–Trinajstić information content (AvgIpc) is 3.54. The Labute approximate surface area is 247 Å². The summed E-state index contributed by atoms with van der Waals surface area (Å²) in [4.78, 5) is 52.8. The minimum atomic E-state index is -0.865.